The highest BCUT2D eigenvalue weighted by Crippen LogP contribution is 2.01. The molecule has 0 rings (SSSR count). The van der Waals surface area contributed by atoms with Crippen molar-refractivity contribution in [3.05, 3.63) is 0 Å². The van der Waals surface area contributed by atoms with Crippen molar-refractivity contribution in [2.45, 2.75) is 37.8 Å². The van der Waals surface area contributed by atoms with Crippen LogP contribution in [0.2, 0.25) is 0 Å². The van der Waals surface area contributed by atoms with Gasteiger partial charge < -0.3 is 38.3 Å². The molecule has 13 heteroatoms. The van der Waals surface area contributed by atoms with Gasteiger partial charge in [0.05, 0.1) is 0 Å². The van der Waals surface area contributed by atoms with E-state index in [4.69, 9.17) is 33.8 Å². The highest BCUT2D eigenvalue weighted by molar-refractivity contribution is 5.90. The average molecular weight is 403 g/mol. The number of esters is 2. The molecule has 0 heterocycles. The lowest BCUT2D eigenvalue weighted by Crippen LogP contribution is -2.40. The van der Waals surface area contributed by atoms with Gasteiger partial charge in [-0.3, -0.25) is 10.8 Å². The maximum absolute atomic E-state index is 11.6. The average Bonchev–Trinajstić information content (AvgIpc) is 2.46. The van der Waals surface area contributed by atoms with Crippen LogP contribution >= 0.6 is 24.8 Å². The summed E-state index contributed by atoms with van der Waals surface area (Å²) < 4.78 is 4.63. The van der Waals surface area contributed by atoms with Crippen molar-refractivity contribution in [2.24, 2.45) is 22.9 Å². The van der Waals surface area contributed by atoms with Gasteiger partial charge in [0.1, 0.15) is 12.1 Å². The van der Waals surface area contributed by atoms with E-state index in [1.54, 1.807) is 0 Å². The van der Waals surface area contributed by atoms with Crippen molar-refractivity contribution in [2.75, 3.05) is 13.1 Å². The second-order valence-corrected chi connectivity index (χ2v) is 4.92. The molecule has 0 radical (unpaired) electrons. The molecule has 0 spiro atoms. The van der Waals surface area contributed by atoms with Gasteiger partial charge >= 0.3 is 11.9 Å². The fourth-order valence-corrected chi connectivity index (χ4v) is 1.58. The number of hydrogen-bond donors (Lipinski definition) is 8. The lowest BCUT2D eigenvalue weighted by molar-refractivity contribution is -0.161. The fourth-order valence-electron chi connectivity index (χ4n) is 1.58. The van der Waals surface area contributed by atoms with Crippen LogP contribution in [0.15, 0.2) is 0 Å². The maximum atomic E-state index is 11.6. The van der Waals surface area contributed by atoms with Crippen LogP contribution in [0.4, 0.5) is 0 Å². The van der Waals surface area contributed by atoms with E-state index < -0.39 is 24.0 Å². The summed E-state index contributed by atoms with van der Waals surface area (Å²) in [6, 6.07) is -1.89. The van der Waals surface area contributed by atoms with Crippen molar-refractivity contribution < 1.29 is 14.3 Å². The van der Waals surface area contributed by atoms with E-state index in [0.717, 1.165) is 0 Å². The smallest absolute Gasteiger partial charge is 0.330 e. The van der Waals surface area contributed by atoms with Crippen molar-refractivity contribution in [1.82, 2.24) is 10.6 Å². The number of ether oxygens (including phenoxy) is 1. The molecule has 0 saturated carbocycles. The molecule has 0 aliphatic heterocycles. The van der Waals surface area contributed by atoms with Gasteiger partial charge in [0.25, 0.3) is 0 Å². The summed E-state index contributed by atoms with van der Waals surface area (Å²) in [5, 5.41) is 19.1. The topological polar surface area (TPSA) is 219 Å². The normalized spacial score (nSPS) is 11.8. The quantitative estimate of drug-likeness (QED) is 0.0669. The standard InChI is InChI=1S/C12H26N8O3.2ClH/c13-7(3-1-5-19-11(15)16)9(21)23-10(22)8(14)4-2-6-20-12(17)18;;/h7-8H,1-6,13-14H2,(H4,15,16,19)(H4,17,18,20);2*1H/t7-,8+;;. The predicted octanol–water partition coefficient (Wildman–Crippen LogP) is -1.92. The summed E-state index contributed by atoms with van der Waals surface area (Å²) in [6.45, 7) is 0.792. The van der Waals surface area contributed by atoms with E-state index >= 15 is 0 Å². The van der Waals surface area contributed by atoms with Gasteiger partial charge in [-0.05, 0) is 25.7 Å². The summed E-state index contributed by atoms with van der Waals surface area (Å²) >= 11 is 0. The molecule has 0 amide bonds. The van der Waals surface area contributed by atoms with E-state index in [2.05, 4.69) is 15.4 Å². The largest absolute Gasteiger partial charge is 0.391 e. The molecule has 0 aromatic carbocycles. The van der Waals surface area contributed by atoms with Crippen LogP contribution in [0.1, 0.15) is 25.7 Å². The Bertz CT molecular complexity index is 401. The molecular formula is C12H28Cl2N8O3. The second kappa shape index (κ2) is 15.7. The number of halogens is 2. The summed E-state index contributed by atoms with van der Waals surface area (Å²) in [7, 11) is 0. The van der Waals surface area contributed by atoms with Crippen molar-refractivity contribution >= 4 is 48.7 Å². The van der Waals surface area contributed by atoms with Gasteiger partial charge in [-0.2, -0.15) is 0 Å². The summed E-state index contributed by atoms with van der Waals surface area (Å²) in [5.41, 5.74) is 21.4. The molecule has 0 aromatic rings. The lowest BCUT2D eigenvalue weighted by Gasteiger charge is -2.14. The third-order valence-electron chi connectivity index (χ3n) is 2.82. The minimum absolute atomic E-state index is 0. The third-order valence-corrected chi connectivity index (χ3v) is 2.82. The van der Waals surface area contributed by atoms with E-state index in [-0.39, 0.29) is 49.6 Å². The van der Waals surface area contributed by atoms with Crippen LogP contribution in [-0.4, -0.2) is 49.0 Å². The first-order chi connectivity index (χ1) is 10.7. The number of carbonyl (C=O) groups excluding carboxylic acids is 2. The van der Waals surface area contributed by atoms with E-state index in [0.29, 0.717) is 25.9 Å². The number of nitrogens with two attached hydrogens (primary N) is 4. The van der Waals surface area contributed by atoms with Gasteiger partial charge in [-0.25, -0.2) is 9.59 Å². The fraction of sp³-hybridized carbons (Fsp3) is 0.667. The van der Waals surface area contributed by atoms with Crippen molar-refractivity contribution in [3.63, 3.8) is 0 Å². The summed E-state index contributed by atoms with van der Waals surface area (Å²) in [4.78, 5) is 23.3. The molecule has 0 bridgehead atoms. The van der Waals surface area contributed by atoms with Crippen LogP contribution in [0.5, 0.6) is 0 Å². The molecule has 12 N–H and O–H groups in total. The first kappa shape index (κ1) is 28.0. The Morgan fingerprint density at radius 2 is 1.16 bits per heavy atom. The monoisotopic (exact) mass is 402 g/mol. The van der Waals surface area contributed by atoms with Crippen molar-refractivity contribution in [3.8, 4) is 0 Å². The molecule has 0 aromatic heterocycles. The minimum Gasteiger partial charge on any atom is -0.391 e. The Morgan fingerprint density at radius 3 is 1.44 bits per heavy atom. The van der Waals surface area contributed by atoms with Crippen LogP contribution in [0, 0.1) is 10.8 Å². The Labute approximate surface area is 158 Å². The number of rotatable bonds is 10. The van der Waals surface area contributed by atoms with Crippen LogP contribution in [-0.2, 0) is 14.3 Å². The minimum atomic E-state index is -0.945. The van der Waals surface area contributed by atoms with Crippen LogP contribution in [0.3, 0.4) is 0 Å². The summed E-state index contributed by atoms with van der Waals surface area (Å²) in [6.07, 6.45) is 1.55. The number of nitrogens with one attached hydrogen (secondary N) is 4. The highest BCUT2D eigenvalue weighted by atomic mass is 35.5. The lowest BCUT2D eigenvalue weighted by atomic mass is 10.1. The Balaban J connectivity index is -0.00000242. The van der Waals surface area contributed by atoms with Crippen LogP contribution < -0.4 is 33.6 Å². The Kier molecular flexibility index (Phi) is 17.6. The van der Waals surface area contributed by atoms with Gasteiger partial charge in [0.2, 0.25) is 0 Å². The molecule has 0 aliphatic carbocycles. The second-order valence-electron chi connectivity index (χ2n) is 4.92. The highest BCUT2D eigenvalue weighted by Gasteiger charge is 2.22. The first-order valence-corrected chi connectivity index (χ1v) is 7.16. The zero-order valence-electron chi connectivity index (χ0n) is 13.7. The molecule has 0 unspecified atom stereocenters. The number of carbonyl (C=O) groups is 2. The zero-order chi connectivity index (χ0) is 17.8. The first-order valence-electron chi connectivity index (χ1n) is 7.16. The summed E-state index contributed by atoms with van der Waals surface area (Å²) in [5.74, 6) is -2.01. The molecule has 2 atom stereocenters. The van der Waals surface area contributed by atoms with E-state index in [9.17, 15) is 9.59 Å². The van der Waals surface area contributed by atoms with Gasteiger partial charge in [-0.1, -0.05) is 0 Å². The van der Waals surface area contributed by atoms with Gasteiger partial charge in [-0.15, -0.1) is 24.8 Å². The SMILES string of the molecule is Cl.Cl.N=C(N)NCCC[C@@H](N)C(=O)OC(=O)[C@@H](N)CCCNC(=N)N. The van der Waals surface area contributed by atoms with Gasteiger partial charge in [0.15, 0.2) is 11.9 Å². The molecule has 25 heavy (non-hydrogen) atoms. The van der Waals surface area contributed by atoms with Gasteiger partial charge in [0, 0.05) is 13.1 Å². The maximum Gasteiger partial charge on any atom is 0.330 e. The third kappa shape index (κ3) is 15.4. The van der Waals surface area contributed by atoms with E-state index in [1.807, 2.05) is 0 Å². The molecule has 0 aliphatic rings. The molecule has 0 saturated heterocycles. The molecule has 148 valence electrons. The Hall–Kier alpha value is -1.82. The predicted molar refractivity (Wildman–Crippen MR) is 99.8 cm³/mol. The zero-order valence-corrected chi connectivity index (χ0v) is 15.4. The number of hydrogen-bond acceptors (Lipinski definition) is 7. The molecule has 11 nitrogen and oxygen atoms in total. The molecular weight excluding hydrogens is 375 g/mol. The Morgan fingerprint density at radius 1 is 0.840 bits per heavy atom. The molecule has 0 fully saturated rings. The van der Waals surface area contributed by atoms with E-state index in [1.165, 1.54) is 0 Å². The van der Waals surface area contributed by atoms with Crippen LogP contribution in [0.25, 0.3) is 0 Å². The number of guanidine groups is 2. The van der Waals surface area contributed by atoms with Crippen molar-refractivity contribution in [1.29, 1.82) is 10.8 Å².